The molecule has 0 aliphatic carbocycles. The molecule has 0 saturated carbocycles. The minimum absolute atomic E-state index is 0.00167. The molecule has 0 radical (unpaired) electrons. The third-order valence-electron chi connectivity index (χ3n) is 3.29. The Morgan fingerprint density at radius 1 is 0.833 bits per heavy atom. The Kier molecular flexibility index (Phi) is 14.7. The van der Waals surface area contributed by atoms with Crippen molar-refractivity contribution in [2.75, 3.05) is 38.7 Å². The summed E-state index contributed by atoms with van der Waals surface area (Å²) >= 11 is 4.13. The summed E-state index contributed by atoms with van der Waals surface area (Å²) in [6.45, 7) is 10.3. The molecular formula is C19H30N2O8S. The van der Waals surface area contributed by atoms with Crippen molar-refractivity contribution in [1.29, 1.82) is 0 Å². The zero-order chi connectivity index (χ0) is 22.9. The Morgan fingerprint density at radius 2 is 1.33 bits per heavy atom. The summed E-state index contributed by atoms with van der Waals surface area (Å²) in [5, 5.41) is 4.89. The molecule has 0 aromatic carbocycles. The first-order valence-corrected chi connectivity index (χ1v) is 9.91. The Balaban J connectivity index is 3.83. The van der Waals surface area contributed by atoms with Gasteiger partial charge in [-0.2, -0.15) is 12.6 Å². The molecule has 0 heterocycles. The van der Waals surface area contributed by atoms with E-state index in [1.807, 2.05) is 0 Å². The van der Waals surface area contributed by atoms with E-state index < -0.39 is 30.2 Å². The summed E-state index contributed by atoms with van der Waals surface area (Å²) in [4.78, 5) is 45.6. The molecule has 0 aromatic heterocycles. The fourth-order valence-corrected chi connectivity index (χ4v) is 2.00. The highest BCUT2D eigenvalue weighted by Gasteiger charge is 2.13. The monoisotopic (exact) mass is 446 g/mol. The van der Waals surface area contributed by atoms with Gasteiger partial charge in [-0.25, -0.2) is 19.2 Å². The van der Waals surface area contributed by atoms with Crippen LogP contribution in [0.2, 0.25) is 0 Å². The van der Waals surface area contributed by atoms with Crippen molar-refractivity contribution in [3.05, 3.63) is 24.3 Å². The van der Waals surface area contributed by atoms with Crippen LogP contribution in [0, 0.1) is 0 Å². The molecule has 0 fully saturated rings. The normalized spacial score (nSPS) is 10.9. The lowest BCUT2D eigenvalue weighted by molar-refractivity contribution is -0.139. The van der Waals surface area contributed by atoms with Gasteiger partial charge < -0.3 is 29.6 Å². The first kappa shape index (κ1) is 27.3. The molecule has 0 aromatic rings. The van der Waals surface area contributed by atoms with E-state index in [1.165, 1.54) is 13.8 Å². The zero-order valence-electron chi connectivity index (χ0n) is 17.4. The summed E-state index contributed by atoms with van der Waals surface area (Å²) in [7, 11) is 0. The summed E-state index contributed by atoms with van der Waals surface area (Å²) in [6, 6.07) is 0. The van der Waals surface area contributed by atoms with Crippen molar-refractivity contribution in [2.45, 2.75) is 32.8 Å². The predicted molar refractivity (Wildman–Crippen MR) is 112 cm³/mol. The second kappa shape index (κ2) is 16.1. The molecule has 0 rings (SSSR count). The van der Waals surface area contributed by atoms with Gasteiger partial charge in [0.05, 0.1) is 19.7 Å². The molecule has 0 saturated heterocycles. The average Bonchev–Trinajstić information content (AvgIpc) is 2.70. The van der Waals surface area contributed by atoms with Gasteiger partial charge in [0.15, 0.2) is 0 Å². The number of thiol groups is 1. The van der Waals surface area contributed by atoms with E-state index in [1.54, 1.807) is 0 Å². The van der Waals surface area contributed by atoms with E-state index in [9.17, 15) is 19.2 Å². The highest BCUT2D eigenvalue weighted by atomic mass is 32.1. The smallest absolute Gasteiger partial charge is 0.407 e. The number of esters is 2. The van der Waals surface area contributed by atoms with Crippen molar-refractivity contribution in [2.24, 2.45) is 0 Å². The zero-order valence-corrected chi connectivity index (χ0v) is 18.3. The molecule has 1 unspecified atom stereocenters. The molecule has 170 valence electrons. The van der Waals surface area contributed by atoms with E-state index >= 15 is 0 Å². The van der Waals surface area contributed by atoms with Crippen LogP contribution in [0.1, 0.15) is 26.7 Å². The van der Waals surface area contributed by atoms with Gasteiger partial charge in [0.1, 0.15) is 19.3 Å². The summed E-state index contributed by atoms with van der Waals surface area (Å²) in [6.07, 6.45) is -0.896. The lowest BCUT2D eigenvalue weighted by atomic mass is 10.2. The molecule has 0 aliphatic rings. The molecule has 2 amide bonds. The maximum Gasteiger partial charge on any atom is 0.407 e. The number of hydrogen-bond acceptors (Lipinski definition) is 9. The third kappa shape index (κ3) is 14.3. The van der Waals surface area contributed by atoms with Gasteiger partial charge in [-0.3, -0.25) is 0 Å². The molecule has 0 bridgehead atoms. The second-order valence-electron chi connectivity index (χ2n) is 6.17. The minimum Gasteiger partial charge on any atom is -0.460 e. The minimum atomic E-state index is -0.664. The van der Waals surface area contributed by atoms with Crippen molar-refractivity contribution in [3.63, 3.8) is 0 Å². The van der Waals surface area contributed by atoms with Gasteiger partial charge in [-0.05, 0) is 26.7 Å². The highest BCUT2D eigenvalue weighted by molar-refractivity contribution is 7.80. The summed E-state index contributed by atoms with van der Waals surface area (Å²) < 4.78 is 19.8. The number of alkyl carbamates (subject to hydrolysis) is 2. The third-order valence-corrected chi connectivity index (χ3v) is 3.69. The van der Waals surface area contributed by atoms with Gasteiger partial charge >= 0.3 is 24.1 Å². The molecule has 1 atom stereocenters. The van der Waals surface area contributed by atoms with Crippen LogP contribution in [-0.4, -0.2) is 68.9 Å². The van der Waals surface area contributed by atoms with E-state index in [0.29, 0.717) is 18.6 Å². The molecular weight excluding hydrogens is 416 g/mol. The molecule has 30 heavy (non-hydrogen) atoms. The predicted octanol–water partition coefficient (Wildman–Crippen LogP) is 1.76. The van der Waals surface area contributed by atoms with Crippen molar-refractivity contribution in [1.82, 2.24) is 10.6 Å². The standard InChI is InChI=1S/C19H30N2O8S/c1-13(2)16(22)26-10-7-20-18(24)28-9-5-6-15(12-30)29-19(25)21-8-11-27-17(23)14(3)4/h15,30H,1,3,5-12H2,2,4H3,(H,20,24)(H,21,25). The van der Waals surface area contributed by atoms with Crippen LogP contribution in [0.3, 0.4) is 0 Å². The van der Waals surface area contributed by atoms with Gasteiger partial charge in [0, 0.05) is 16.9 Å². The fourth-order valence-electron chi connectivity index (χ4n) is 1.75. The van der Waals surface area contributed by atoms with Crippen LogP contribution in [0.5, 0.6) is 0 Å². The number of carbonyl (C=O) groups is 4. The van der Waals surface area contributed by atoms with Crippen molar-refractivity contribution < 1.29 is 38.1 Å². The largest absolute Gasteiger partial charge is 0.460 e. The van der Waals surface area contributed by atoms with Crippen molar-refractivity contribution in [3.8, 4) is 0 Å². The first-order chi connectivity index (χ1) is 14.2. The highest BCUT2D eigenvalue weighted by Crippen LogP contribution is 2.05. The van der Waals surface area contributed by atoms with E-state index in [0.717, 1.165) is 0 Å². The number of rotatable bonds is 14. The Bertz CT molecular complexity index is 624. The fraction of sp³-hybridized carbons (Fsp3) is 0.579. The number of nitrogens with one attached hydrogen (secondary N) is 2. The SMILES string of the molecule is C=C(C)C(=O)OCCNC(=O)OCCCC(CS)OC(=O)NCCOC(=O)C(=C)C. The molecule has 10 nitrogen and oxygen atoms in total. The van der Waals surface area contributed by atoms with Gasteiger partial charge in [0.2, 0.25) is 0 Å². The van der Waals surface area contributed by atoms with Crippen LogP contribution in [-0.2, 0) is 28.5 Å². The van der Waals surface area contributed by atoms with Gasteiger partial charge in [-0.15, -0.1) is 0 Å². The maximum atomic E-state index is 11.7. The molecule has 2 N–H and O–H groups in total. The quantitative estimate of drug-likeness (QED) is 0.121. The van der Waals surface area contributed by atoms with Crippen LogP contribution in [0.4, 0.5) is 9.59 Å². The van der Waals surface area contributed by atoms with Crippen molar-refractivity contribution >= 4 is 36.8 Å². The van der Waals surface area contributed by atoms with Crippen LogP contribution < -0.4 is 10.6 Å². The Morgan fingerprint density at radius 3 is 1.80 bits per heavy atom. The van der Waals surface area contributed by atoms with Gasteiger partial charge in [0.25, 0.3) is 0 Å². The van der Waals surface area contributed by atoms with Crippen LogP contribution in [0.15, 0.2) is 24.3 Å². The topological polar surface area (TPSA) is 129 Å². The van der Waals surface area contributed by atoms with Gasteiger partial charge in [-0.1, -0.05) is 13.2 Å². The summed E-state index contributed by atoms with van der Waals surface area (Å²) in [5.41, 5.74) is 0.549. The molecule has 11 heteroatoms. The maximum absolute atomic E-state index is 11.7. The van der Waals surface area contributed by atoms with E-state index in [4.69, 9.17) is 18.9 Å². The van der Waals surface area contributed by atoms with Crippen LogP contribution in [0.25, 0.3) is 0 Å². The average molecular weight is 447 g/mol. The van der Waals surface area contributed by atoms with Crippen LogP contribution >= 0.6 is 12.6 Å². The van der Waals surface area contributed by atoms with E-state index in [2.05, 4.69) is 36.4 Å². The Labute approximate surface area is 181 Å². The van der Waals surface area contributed by atoms with E-state index in [-0.39, 0.29) is 44.1 Å². The number of carbonyl (C=O) groups excluding carboxylic acids is 4. The number of hydrogen-bond donors (Lipinski definition) is 3. The first-order valence-electron chi connectivity index (χ1n) is 9.28. The Hall–Kier alpha value is -2.69. The lowest BCUT2D eigenvalue weighted by Gasteiger charge is -2.16. The summed E-state index contributed by atoms with van der Waals surface area (Å²) in [5.74, 6) is -0.770. The second-order valence-corrected chi connectivity index (χ2v) is 6.54. The lowest BCUT2D eigenvalue weighted by Crippen LogP contribution is -2.33. The molecule has 0 spiro atoms. The molecule has 0 aliphatic heterocycles. The number of ether oxygens (including phenoxy) is 4. The number of amides is 2.